The number of benzene rings is 1. The molecule has 0 aliphatic rings. The summed E-state index contributed by atoms with van der Waals surface area (Å²) in [6.45, 7) is 0.278. The highest BCUT2D eigenvalue weighted by atomic mass is 35.5. The number of carbonyl (C=O) groups is 1. The van der Waals surface area contributed by atoms with Crippen LogP contribution in [-0.2, 0) is 4.74 Å². The number of methoxy groups -OCH3 is 1. The highest BCUT2D eigenvalue weighted by molar-refractivity contribution is 6.31. The summed E-state index contributed by atoms with van der Waals surface area (Å²) < 4.78 is 4.96. The van der Waals surface area contributed by atoms with Gasteiger partial charge in [0.2, 0.25) is 0 Å². The molecule has 1 aromatic carbocycles. The van der Waals surface area contributed by atoms with E-state index in [9.17, 15) is 14.9 Å². The Labute approximate surface area is 126 Å². The smallest absolute Gasteiger partial charge is 0.283 e. The van der Waals surface area contributed by atoms with Crippen LogP contribution in [0.2, 0.25) is 5.02 Å². The van der Waals surface area contributed by atoms with Gasteiger partial charge in [0, 0.05) is 24.1 Å². The van der Waals surface area contributed by atoms with Crippen LogP contribution in [0.1, 0.15) is 16.8 Å². The number of halogens is 2. The lowest BCUT2D eigenvalue weighted by molar-refractivity contribution is -0.385. The van der Waals surface area contributed by atoms with Crippen LogP contribution in [-0.4, -0.2) is 36.5 Å². The number of nitrogens with one attached hydrogen (secondary N) is 1. The first-order valence-corrected chi connectivity index (χ1v) is 6.70. The van der Waals surface area contributed by atoms with Crippen LogP contribution in [0.15, 0.2) is 18.2 Å². The average Bonchev–Trinajstić information content (AvgIpc) is 2.38. The molecule has 0 saturated carbocycles. The number of carbonyl (C=O) groups excluding carboxylic acids is 1. The van der Waals surface area contributed by atoms with Gasteiger partial charge in [-0.1, -0.05) is 11.6 Å². The van der Waals surface area contributed by atoms with Gasteiger partial charge >= 0.3 is 0 Å². The predicted octanol–water partition coefficient (Wildman–Crippen LogP) is 2.62. The van der Waals surface area contributed by atoms with Crippen molar-refractivity contribution in [3.8, 4) is 0 Å². The van der Waals surface area contributed by atoms with Crippen molar-refractivity contribution in [3.63, 3.8) is 0 Å². The molecule has 110 valence electrons. The lowest BCUT2D eigenvalue weighted by Gasteiger charge is -2.16. The highest BCUT2D eigenvalue weighted by Crippen LogP contribution is 2.23. The molecule has 1 atom stereocenters. The molecule has 6 nitrogen and oxygen atoms in total. The van der Waals surface area contributed by atoms with Gasteiger partial charge in [0.25, 0.3) is 11.6 Å². The van der Waals surface area contributed by atoms with Crippen molar-refractivity contribution in [2.75, 3.05) is 19.6 Å². The maximum absolute atomic E-state index is 12.1. The molecule has 0 bridgehead atoms. The Balaban J connectivity index is 2.93. The molecule has 0 radical (unpaired) electrons. The van der Waals surface area contributed by atoms with Crippen LogP contribution in [0.5, 0.6) is 0 Å². The van der Waals surface area contributed by atoms with E-state index in [1.54, 1.807) is 0 Å². The van der Waals surface area contributed by atoms with E-state index in [1.807, 2.05) is 0 Å². The molecule has 20 heavy (non-hydrogen) atoms. The summed E-state index contributed by atoms with van der Waals surface area (Å²) in [7, 11) is 1.50. The van der Waals surface area contributed by atoms with Crippen LogP contribution in [0, 0.1) is 10.1 Å². The second kappa shape index (κ2) is 8.04. The third kappa shape index (κ3) is 4.63. The van der Waals surface area contributed by atoms with Gasteiger partial charge in [0.1, 0.15) is 5.56 Å². The van der Waals surface area contributed by atoms with Gasteiger partial charge in [-0.3, -0.25) is 14.9 Å². The maximum atomic E-state index is 12.1. The molecule has 1 rings (SSSR count). The van der Waals surface area contributed by atoms with Crippen LogP contribution in [0.25, 0.3) is 0 Å². The Hall–Kier alpha value is -1.37. The monoisotopic (exact) mass is 320 g/mol. The molecule has 0 aliphatic heterocycles. The zero-order valence-electron chi connectivity index (χ0n) is 10.8. The summed E-state index contributed by atoms with van der Waals surface area (Å²) in [5.41, 5.74) is -0.382. The Bertz CT molecular complexity index is 490. The Morgan fingerprint density at radius 1 is 1.55 bits per heavy atom. The topological polar surface area (TPSA) is 81.5 Å². The number of rotatable bonds is 7. The van der Waals surface area contributed by atoms with E-state index in [1.165, 1.54) is 19.2 Å². The van der Waals surface area contributed by atoms with Crippen molar-refractivity contribution < 1.29 is 14.5 Å². The van der Waals surface area contributed by atoms with Crippen molar-refractivity contribution in [3.05, 3.63) is 38.9 Å². The van der Waals surface area contributed by atoms with Crippen LogP contribution in [0.3, 0.4) is 0 Å². The van der Waals surface area contributed by atoms with Crippen LogP contribution < -0.4 is 5.32 Å². The lowest BCUT2D eigenvalue weighted by atomic mass is 10.1. The molecule has 0 spiro atoms. The first-order valence-electron chi connectivity index (χ1n) is 5.79. The number of amides is 1. The number of hydrogen-bond acceptors (Lipinski definition) is 4. The van der Waals surface area contributed by atoms with Crippen LogP contribution in [0.4, 0.5) is 5.69 Å². The molecule has 1 amide bonds. The second-order valence-electron chi connectivity index (χ2n) is 4.02. The summed E-state index contributed by atoms with van der Waals surface area (Å²) in [6.07, 6.45) is 0.503. The Kier molecular flexibility index (Phi) is 6.70. The zero-order chi connectivity index (χ0) is 15.1. The maximum Gasteiger partial charge on any atom is 0.283 e. The van der Waals surface area contributed by atoms with Crippen molar-refractivity contribution in [1.29, 1.82) is 0 Å². The van der Waals surface area contributed by atoms with E-state index in [2.05, 4.69) is 5.32 Å². The van der Waals surface area contributed by atoms with Gasteiger partial charge in [0.15, 0.2) is 0 Å². The second-order valence-corrected chi connectivity index (χ2v) is 4.84. The van der Waals surface area contributed by atoms with Gasteiger partial charge in [-0.25, -0.2) is 0 Å². The van der Waals surface area contributed by atoms with Gasteiger partial charge in [-0.05, 0) is 18.6 Å². The molecule has 1 aromatic rings. The molecular formula is C12H14Cl2N2O4. The molecule has 1 unspecified atom stereocenters. The molecule has 0 fully saturated rings. The van der Waals surface area contributed by atoms with Crippen molar-refractivity contribution in [2.24, 2.45) is 0 Å². The molecule has 8 heteroatoms. The third-order valence-corrected chi connectivity index (χ3v) is 3.02. The number of nitrogens with zero attached hydrogens (tertiary/aromatic N) is 1. The van der Waals surface area contributed by atoms with Gasteiger partial charge in [-0.15, -0.1) is 11.6 Å². The molecule has 0 heterocycles. The number of alkyl halides is 1. The van der Waals surface area contributed by atoms with E-state index in [4.69, 9.17) is 27.9 Å². The fourth-order valence-corrected chi connectivity index (χ4v) is 2.07. The normalized spacial score (nSPS) is 11.9. The lowest BCUT2D eigenvalue weighted by Crippen LogP contribution is -2.38. The Morgan fingerprint density at radius 2 is 2.25 bits per heavy atom. The number of nitro benzene ring substituents is 1. The number of hydrogen-bond donors (Lipinski definition) is 1. The summed E-state index contributed by atoms with van der Waals surface area (Å²) in [4.78, 5) is 22.4. The van der Waals surface area contributed by atoms with Crippen molar-refractivity contribution in [2.45, 2.75) is 12.5 Å². The molecule has 1 N–H and O–H groups in total. The fourth-order valence-electron chi connectivity index (χ4n) is 1.64. The van der Waals surface area contributed by atoms with E-state index >= 15 is 0 Å². The zero-order valence-corrected chi connectivity index (χ0v) is 12.3. The molecule has 0 aromatic heterocycles. The van der Waals surface area contributed by atoms with Crippen molar-refractivity contribution in [1.82, 2.24) is 5.32 Å². The standard InChI is InChI=1S/C12H14Cl2N2O4/c1-20-7-9(4-5-13)15-12(17)10-3-2-8(14)6-11(10)16(18)19/h2-3,6,9H,4-5,7H2,1H3,(H,15,17). The predicted molar refractivity (Wildman–Crippen MR) is 76.6 cm³/mol. The Morgan fingerprint density at radius 3 is 2.80 bits per heavy atom. The van der Waals surface area contributed by atoms with E-state index in [0.29, 0.717) is 12.3 Å². The minimum absolute atomic E-state index is 0.0462. The largest absolute Gasteiger partial charge is 0.383 e. The third-order valence-electron chi connectivity index (χ3n) is 2.56. The van der Waals surface area contributed by atoms with Gasteiger partial charge < -0.3 is 10.1 Å². The van der Waals surface area contributed by atoms with Crippen molar-refractivity contribution >= 4 is 34.8 Å². The number of nitro groups is 1. The van der Waals surface area contributed by atoms with Gasteiger partial charge in [0.05, 0.1) is 17.6 Å². The summed E-state index contributed by atoms with van der Waals surface area (Å²) in [5.74, 6) is -0.211. The molecule has 0 saturated heterocycles. The first-order chi connectivity index (χ1) is 9.49. The minimum Gasteiger partial charge on any atom is -0.383 e. The summed E-state index contributed by atoms with van der Waals surface area (Å²) >= 11 is 11.3. The fraction of sp³-hybridized carbons (Fsp3) is 0.417. The van der Waals surface area contributed by atoms with E-state index in [-0.39, 0.29) is 28.9 Å². The average molecular weight is 321 g/mol. The molecular weight excluding hydrogens is 307 g/mol. The molecule has 0 aliphatic carbocycles. The summed E-state index contributed by atoms with van der Waals surface area (Å²) in [6, 6.07) is 3.58. The number of ether oxygens (including phenoxy) is 1. The minimum atomic E-state index is -0.645. The van der Waals surface area contributed by atoms with Crippen LogP contribution >= 0.6 is 23.2 Å². The highest BCUT2D eigenvalue weighted by Gasteiger charge is 2.22. The quantitative estimate of drug-likeness (QED) is 0.475. The van der Waals surface area contributed by atoms with E-state index < -0.39 is 10.8 Å². The van der Waals surface area contributed by atoms with Gasteiger partial charge in [-0.2, -0.15) is 0 Å². The first kappa shape index (κ1) is 16.7. The SMILES string of the molecule is COCC(CCCl)NC(=O)c1ccc(Cl)cc1[N+](=O)[O-]. The summed E-state index contributed by atoms with van der Waals surface area (Å²) in [5, 5.41) is 13.8. The van der Waals surface area contributed by atoms with E-state index in [0.717, 1.165) is 6.07 Å².